The van der Waals surface area contributed by atoms with Crippen molar-refractivity contribution < 1.29 is 14.9 Å². The van der Waals surface area contributed by atoms with Gasteiger partial charge in [0.25, 0.3) is 0 Å². The number of piperazine rings is 1. The molecular weight excluding hydrogens is 360 g/mol. The number of benzene rings is 1. The monoisotopic (exact) mass is 386 g/mol. The Balaban J connectivity index is 1.97. The van der Waals surface area contributed by atoms with Crippen molar-refractivity contribution >= 4 is 15.9 Å². The lowest BCUT2D eigenvalue weighted by molar-refractivity contribution is -0.0166. The van der Waals surface area contributed by atoms with E-state index in [0.29, 0.717) is 13.2 Å². The molecular formula is C17H27BrN2O3. The van der Waals surface area contributed by atoms with Gasteiger partial charge < -0.3 is 14.9 Å². The average Bonchev–Trinajstić information content (AvgIpc) is 2.55. The lowest BCUT2D eigenvalue weighted by Crippen LogP contribution is -2.56. The Hall–Kier alpha value is -0.500. The van der Waals surface area contributed by atoms with Gasteiger partial charge in [-0.05, 0) is 24.6 Å². The Morgan fingerprint density at radius 1 is 1.22 bits per heavy atom. The van der Waals surface area contributed by atoms with Crippen LogP contribution < -0.4 is 0 Å². The van der Waals surface area contributed by atoms with Crippen molar-refractivity contribution in [1.82, 2.24) is 9.80 Å². The van der Waals surface area contributed by atoms with Gasteiger partial charge in [0.05, 0.1) is 24.9 Å². The van der Waals surface area contributed by atoms with E-state index in [9.17, 15) is 10.2 Å². The molecule has 1 heterocycles. The number of methoxy groups -OCH3 is 1. The third kappa shape index (κ3) is 4.75. The number of hydrogen-bond donors (Lipinski definition) is 2. The van der Waals surface area contributed by atoms with Gasteiger partial charge in [-0.25, -0.2) is 0 Å². The maximum absolute atomic E-state index is 10.0. The van der Waals surface area contributed by atoms with Crippen molar-refractivity contribution in [3.8, 4) is 0 Å². The summed E-state index contributed by atoms with van der Waals surface area (Å²) in [7, 11) is 1.60. The van der Waals surface area contributed by atoms with Gasteiger partial charge in [-0.15, -0.1) is 0 Å². The van der Waals surface area contributed by atoms with E-state index >= 15 is 0 Å². The van der Waals surface area contributed by atoms with Gasteiger partial charge in [-0.3, -0.25) is 9.80 Å². The van der Waals surface area contributed by atoms with Crippen molar-refractivity contribution in [1.29, 1.82) is 0 Å². The van der Waals surface area contributed by atoms with Crippen LogP contribution in [0.4, 0.5) is 0 Å². The molecule has 5 nitrogen and oxygen atoms in total. The minimum Gasteiger partial charge on any atom is -0.394 e. The molecule has 2 rings (SSSR count). The number of aliphatic hydroxyl groups excluding tert-OH is 2. The average molecular weight is 387 g/mol. The second-order valence-electron chi connectivity index (χ2n) is 6.34. The minimum absolute atomic E-state index is 0.0843. The topological polar surface area (TPSA) is 56.2 Å². The summed E-state index contributed by atoms with van der Waals surface area (Å²) in [6.45, 7) is 6.68. The third-order valence-electron chi connectivity index (χ3n) is 4.67. The molecule has 1 aromatic carbocycles. The molecule has 1 aromatic rings. The maximum atomic E-state index is 10.0. The van der Waals surface area contributed by atoms with Crippen molar-refractivity contribution in [3.63, 3.8) is 0 Å². The van der Waals surface area contributed by atoms with Crippen molar-refractivity contribution in [2.24, 2.45) is 0 Å². The molecule has 0 saturated carbocycles. The summed E-state index contributed by atoms with van der Waals surface area (Å²) in [6.07, 6.45) is -0.442. The molecule has 23 heavy (non-hydrogen) atoms. The fourth-order valence-electron chi connectivity index (χ4n) is 3.15. The van der Waals surface area contributed by atoms with Gasteiger partial charge in [0.2, 0.25) is 0 Å². The number of aliphatic hydroxyl groups is 2. The number of rotatable bonds is 7. The number of nitrogens with zero attached hydrogens (tertiary/aromatic N) is 2. The first-order chi connectivity index (χ1) is 11.0. The molecule has 0 aliphatic carbocycles. The summed E-state index contributed by atoms with van der Waals surface area (Å²) in [5.41, 5.74) is 0.744. The number of ether oxygens (including phenoxy) is 1. The van der Waals surface area contributed by atoms with E-state index < -0.39 is 6.10 Å². The molecule has 1 saturated heterocycles. The minimum atomic E-state index is -0.442. The summed E-state index contributed by atoms with van der Waals surface area (Å²) in [5, 5.41) is 19.9. The highest BCUT2D eigenvalue weighted by Gasteiger charge is 2.35. The third-order valence-corrected chi connectivity index (χ3v) is 5.20. The standard InChI is InChI=1S/C17H27BrN2O3/c1-17(13-21,14-3-5-15(18)6-4-14)20-9-7-19(8-10-20)11-16(22)12-23-2/h3-6,16,21-22H,7-13H2,1-2H3. The van der Waals surface area contributed by atoms with Crippen molar-refractivity contribution in [3.05, 3.63) is 34.3 Å². The Kier molecular flexibility index (Phi) is 7.00. The van der Waals surface area contributed by atoms with Gasteiger partial charge in [-0.2, -0.15) is 0 Å². The molecule has 130 valence electrons. The summed E-state index contributed by atoms with van der Waals surface area (Å²) >= 11 is 3.46. The molecule has 2 atom stereocenters. The van der Waals surface area contributed by atoms with Crippen molar-refractivity contribution in [2.45, 2.75) is 18.6 Å². The Bertz CT molecular complexity index is 477. The van der Waals surface area contributed by atoms with E-state index in [-0.39, 0.29) is 12.1 Å². The van der Waals surface area contributed by atoms with E-state index in [4.69, 9.17) is 4.74 Å². The highest BCUT2D eigenvalue weighted by atomic mass is 79.9. The predicted octanol–water partition coefficient (Wildman–Crippen LogP) is 1.28. The molecule has 1 aliphatic heterocycles. The molecule has 0 radical (unpaired) electrons. The molecule has 0 amide bonds. The van der Waals surface area contributed by atoms with Gasteiger partial charge in [0.1, 0.15) is 0 Å². The fraction of sp³-hybridized carbons (Fsp3) is 0.647. The number of halogens is 1. The number of β-amino-alcohol motifs (C(OH)–C–C–N with tert-alkyl or cyclic N) is 1. The SMILES string of the molecule is COCC(O)CN1CCN(C(C)(CO)c2ccc(Br)cc2)CC1. The van der Waals surface area contributed by atoms with E-state index in [0.717, 1.165) is 36.2 Å². The van der Waals surface area contributed by atoms with E-state index in [1.165, 1.54) is 0 Å². The van der Waals surface area contributed by atoms with Gasteiger partial charge in [-0.1, -0.05) is 28.1 Å². The highest BCUT2D eigenvalue weighted by molar-refractivity contribution is 9.10. The second-order valence-corrected chi connectivity index (χ2v) is 7.25. The maximum Gasteiger partial charge on any atom is 0.0900 e. The second kappa shape index (κ2) is 8.55. The van der Waals surface area contributed by atoms with E-state index in [1.807, 2.05) is 12.1 Å². The fourth-order valence-corrected chi connectivity index (χ4v) is 3.41. The molecule has 1 fully saturated rings. The first kappa shape index (κ1) is 18.8. The summed E-state index contributed by atoms with van der Waals surface area (Å²) in [5.74, 6) is 0. The summed E-state index contributed by atoms with van der Waals surface area (Å²) in [4.78, 5) is 4.58. The number of hydrogen-bond acceptors (Lipinski definition) is 5. The molecule has 0 spiro atoms. The molecule has 0 aromatic heterocycles. The first-order valence-corrected chi connectivity index (χ1v) is 8.80. The van der Waals surface area contributed by atoms with Crippen molar-refractivity contribution in [2.75, 3.05) is 53.0 Å². The predicted molar refractivity (Wildman–Crippen MR) is 94.5 cm³/mol. The molecule has 1 aliphatic rings. The smallest absolute Gasteiger partial charge is 0.0900 e. The van der Waals surface area contributed by atoms with Crippen LogP contribution in [0.5, 0.6) is 0 Å². The highest BCUT2D eigenvalue weighted by Crippen LogP contribution is 2.30. The van der Waals surface area contributed by atoms with Crippen LogP contribution in [0.1, 0.15) is 12.5 Å². The first-order valence-electron chi connectivity index (χ1n) is 8.01. The quantitative estimate of drug-likeness (QED) is 0.739. The summed E-state index contributed by atoms with van der Waals surface area (Å²) in [6, 6.07) is 8.16. The van der Waals surface area contributed by atoms with Crippen LogP contribution in [-0.4, -0.2) is 79.2 Å². The summed E-state index contributed by atoms with van der Waals surface area (Å²) < 4.78 is 6.02. The Morgan fingerprint density at radius 3 is 2.35 bits per heavy atom. The normalized spacial score (nSPS) is 21.1. The zero-order valence-electron chi connectivity index (χ0n) is 13.9. The van der Waals surface area contributed by atoms with Crippen LogP contribution in [0.2, 0.25) is 0 Å². The largest absolute Gasteiger partial charge is 0.394 e. The zero-order chi connectivity index (χ0) is 16.9. The van der Waals surface area contributed by atoms with Crippen LogP contribution >= 0.6 is 15.9 Å². The lowest BCUT2D eigenvalue weighted by atomic mass is 9.90. The Labute approximate surface area is 147 Å². The van der Waals surface area contributed by atoms with E-state index in [1.54, 1.807) is 7.11 Å². The van der Waals surface area contributed by atoms with Gasteiger partial charge in [0.15, 0.2) is 0 Å². The molecule has 6 heteroatoms. The van der Waals surface area contributed by atoms with Crippen LogP contribution in [-0.2, 0) is 10.3 Å². The molecule has 2 unspecified atom stereocenters. The lowest BCUT2D eigenvalue weighted by Gasteiger charge is -2.45. The van der Waals surface area contributed by atoms with Crippen LogP contribution in [0.15, 0.2) is 28.7 Å². The van der Waals surface area contributed by atoms with E-state index in [2.05, 4.69) is 44.8 Å². The van der Waals surface area contributed by atoms with Crippen LogP contribution in [0.25, 0.3) is 0 Å². The van der Waals surface area contributed by atoms with Gasteiger partial charge >= 0.3 is 0 Å². The zero-order valence-corrected chi connectivity index (χ0v) is 15.5. The van der Waals surface area contributed by atoms with Gasteiger partial charge in [0, 0.05) is 44.3 Å². The van der Waals surface area contributed by atoms with Crippen LogP contribution in [0, 0.1) is 0 Å². The Morgan fingerprint density at radius 2 is 1.83 bits per heavy atom. The molecule has 2 N–H and O–H groups in total. The van der Waals surface area contributed by atoms with Crippen LogP contribution in [0.3, 0.4) is 0 Å². The molecule has 0 bridgehead atoms.